The van der Waals surface area contributed by atoms with E-state index in [1.807, 2.05) is 0 Å². The lowest BCUT2D eigenvalue weighted by atomic mass is 10.1. The first-order valence-corrected chi connectivity index (χ1v) is 5.07. The molecule has 3 atom stereocenters. The second kappa shape index (κ2) is 8.40. The van der Waals surface area contributed by atoms with E-state index >= 15 is 0 Å². The van der Waals surface area contributed by atoms with Gasteiger partial charge in [-0.1, -0.05) is 5.16 Å². The highest BCUT2D eigenvalue weighted by molar-refractivity contribution is 5.68. The molecule has 0 aliphatic carbocycles. The SMILES string of the molecule is CON=C[C@H](F)[C@H](OC(C)=O)[C@@H](O)COC(C)=O. The predicted octanol–water partition coefficient (Wildman–Crippen LogP) is -0.188. The van der Waals surface area contributed by atoms with Crippen LogP contribution in [0.15, 0.2) is 5.16 Å². The highest BCUT2D eigenvalue weighted by Crippen LogP contribution is 2.09. The van der Waals surface area contributed by atoms with Crippen LogP contribution in [0.5, 0.6) is 0 Å². The Bertz CT molecular complexity index is 309. The van der Waals surface area contributed by atoms with Crippen LogP contribution in [0.1, 0.15) is 13.8 Å². The van der Waals surface area contributed by atoms with Crippen LogP contribution in [0.4, 0.5) is 4.39 Å². The number of alkyl halides is 1. The van der Waals surface area contributed by atoms with Gasteiger partial charge < -0.3 is 19.4 Å². The summed E-state index contributed by atoms with van der Waals surface area (Å²) in [6.45, 7) is 1.70. The molecular formula is C10H16FNO6. The van der Waals surface area contributed by atoms with Crippen LogP contribution >= 0.6 is 0 Å². The molecule has 0 aromatic carbocycles. The molecule has 104 valence electrons. The second-order valence-electron chi connectivity index (χ2n) is 3.33. The maximum Gasteiger partial charge on any atom is 0.303 e. The standard InChI is InChI=1S/C10H16FNO6/c1-6(13)17-5-9(15)10(18-7(2)14)8(11)4-12-16-3/h4,8-10,15H,5H2,1-3H3/t8-,9-,10-/m0/s1. The van der Waals surface area contributed by atoms with Gasteiger partial charge in [-0.15, -0.1) is 0 Å². The largest absolute Gasteiger partial charge is 0.463 e. The lowest BCUT2D eigenvalue weighted by Gasteiger charge is -2.23. The molecule has 0 aromatic rings. The first kappa shape index (κ1) is 16.3. The number of esters is 2. The number of ether oxygens (including phenoxy) is 2. The van der Waals surface area contributed by atoms with E-state index in [0.29, 0.717) is 0 Å². The Morgan fingerprint density at radius 2 is 2.00 bits per heavy atom. The van der Waals surface area contributed by atoms with E-state index in [4.69, 9.17) is 0 Å². The van der Waals surface area contributed by atoms with E-state index < -0.39 is 36.9 Å². The second-order valence-corrected chi connectivity index (χ2v) is 3.33. The highest BCUT2D eigenvalue weighted by Gasteiger charge is 2.31. The fourth-order valence-corrected chi connectivity index (χ4v) is 1.05. The molecule has 0 amide bonds. The number of carbonyl (C=O) groups excluding carboxylic acids is 2. The van der Waals surface area contributed by atoms with Gasteiger partial charge in [-0.25, -0.2) is 4.39 Å². The zero-order chi connectivity index (χ0) is 14.1. The molecule has 0 aromatic heterocycles. The van der Waals surface area contributed by atoms with Crippen LogP contribution in [0.2, 0.25) is 0 Å². The molecular weight excluding hydrogens is 249 g/mol. The molecule has 0 rings (SSSR count). The van der Waals surface area contributed by atoms with Gasteiger partial charge in [-0.3, -0.25) is 9.59 Å². The first-order valence-electron chi connectivity index (χ1n) is 5.07. The van der Waals surface area contributed by atoms with Gasteiger partial charge in [0.2, 0.25) is 0 Å². The summed E-state index contributed by atoms with van der Waals surface area (Å²) in [7, 11) is 1.21. The van der Waals surface area contributed by atoms with Gasteiger partial charge in [0.25, 0.3) is 0 Å². The molecule has 0 saturated carbocycles. The van der Waals surface area contributed by atoms with Gasteiger partial charge in [0.15, 0.2) is 12.3 Å². The number of nitrogens with zero attached hydrogens (tertiary/aromatic N) is 1. The van der Waals surface area contributed by atoms with Crippen LogP contribution < -0.4 is 0 Å². The Balaban J connectivity index is 4.59. The zero-order valence-electron chi connectivity index (χ0n) is 10.3. The van der Waals surface area contributed by atoms with Gasteiger partial charge in [0.1, 0.15) is 19.8 Å². The van der Waals surface area contributed by atoms with Crippen LogP contribution in [0.25, 0.3) is 0 Å². The average molecular weight is 265 g/mol. The number of carbonyl (C=O) groups is 2. The number of aliphatic hydroxyl groups is 1. The van der Waals surface area contributed by atoms with Crippen molar-refractivity contribution in [2.24, 2.45) is 5.16 Å². The van der Waals surface area contributed by atoms with Crippen LogP contribution in [-0.4, -0.2) is 55.4 Å². The fourth-order valence-electron chi connectivity index (χ4n) is 1.05. The Labute approximate surface area is 103 Å². The molecule has 0 bridgehead atoms. The van der Waals surface area contributed by atoms with Crippen molar-refractivity contribution in [1.82, 2.24) is 0 Å². The zero-order valence-corrected chi connectivity index (χ0v) is 10.3. The summed E-state index contributed by atoms with van der Waals surface area (Å²) in [5.74, 6) is -1.42. The summed E-state index contributed by atoms with van der Waals surface area (Å²) in [6.07, 6.45) is -4.19. The molecule has 1 N–H and O–H groups in total. The van der Waals surface area contributed by atoms with E-state index in [-0.39, 0.29) is 0 Å². The van der Waals surface area contributed by atoms with Gasteiger partial charge >= 0.3 is 11.9 Å². The third-order valence-corrected chi connectivity index (χ3v) is 1.76. The van der Waals surface area contributed by atoms with Crippen molar-refractivity contribution in [3.8, 4) is 0 Å². The van der Waals surface area contributed by atoms with Crippen LogP contribution in [-0.2, 0) is 23.9 Å². The molecule has 0 fully saturated rings. The minimum absolute atomic E-state index is 0.492. The van der Waals surface area contributed by atoms with Crippen molar-refractivity contribution in [1.29, 1.82) is 0 Å². The van der Waals surface area contributed by atoms with Crippen LogP contribution in [0.3, 0.4) is 0 Å². The predicted molar refractivity (Wildman–Crippen MR) is 58.6 cm³/mol. The van der Waals surface area contributed by atoms with E-state index in [1.54, 1.807) is 0 Å². The molecule has 0 unspecified atom stereocenters. The minimum Gasteiger partial charge on any atom is -0.463 e. The summed E-state index contributed by atoms with van der Waals surface area (Å²) >= 11 is 0. The summed E-state index contributed by atoms with van der Waals surface area (Å²) < 4.78 is 22.7. The van der Waals surface area contributed by atoms with Gasteiger partial charge in [-0.05, 0) is 0 Å². The molecule has 0 spiro atoms. The number of hydrogen-bond acceptors (Lipinski definition) is 7. The van der Waals surface area contributed by atoms with Gasteiger partial charge in [0, 0.05) is 13.8 Å². The summed E-state index contributed by atoms with van der Waals surface area (Å²) in [5.41, 5.74) is 0. The average Bonchev–Trinajstić information content (AvgIpc) is 2.29. The topological polar surface area (TPSA) is 94.4 Å². The maximum absolute atomic E-state index is 13.6. The fraction of sp³-hybridized carbons (Fsp3) is 0.700. The van der Waals surface area contributed by atoms with Gasteiger partial charge in [-0.2, -0.15) is 0 Å². The van der Waals surface area contributed by atoms with E-state index in [9.17, 15) is 19.1 Å². The normalized spacial score (nSPS) is 15.8. The summed E-state index contributed by atoms with van der Waals surface area (Å²) in [4.78, 5) is 25.6. The Kier molecular flexibility index (Phi) is 7.61. The molecule has 0 heterocycles. The van der Waals surface area contributed by atoms with Gasteiger partial charge in [0.05, 0.1) is 6.21 Å². The number of aliphatic hydroxyl groups excluding tert-OH is 1. The smallest absolute Gasteiger partial charge is 0.303 e. The lowest BCUT2D eigenvalue weighted by Crippen LogP contribution is -2.42. The molecule has 8 heteroatoms. The first-order chi connectivity index (χ1) is 8.38. The Morgan fingerprint density at radius 3 is 2.44 bits per heavy atom. The molecule has 0 radical (unpaired) electrons. The van der Waals surface area contributed by atoms with Crippen LogP contribution in [0, 0.1) is 0 Å². The summed E-state index contributed by atoms with van der Waals surface area (Å²) in [5, 5.41) is 12.7. The minimum atomic E-state index is -1.89. The van der Waals surface area contributed by atoms with E-state index in [1.165, 1.54) is 7.11 Å². The Morgan fingerprint density at radius 1 is 1.39 bits per heavy atom. The van der Waals surface area contributed by atoms with Crippen molar-refractivity contribution in [2.75, 3.05) is 13.7 Å². The van der Waals surface area contributed by atoms with Crippen molar-refractivity contribution in [3.05, 3.63) is 0 Å². The molecule has 7 nitrogen and oxygen atoms in total. The highest BCUT2D eigenvalue weighted by atomic mass is 19.1. The van der Waals surface area contributed by atoms with Crippen molar-refractivity contribution in [2.45, 2.75) is 32.2 Å². The molecule has 18 heavy (non-hydrogen) atoms. The number of rotatable bonds is 7. The van der Waals surface area contributed by atoms with Crippen molar-refractivity contribution >= 4 is 18.2 Å². The third-order valence-electron chi connectivity index (χ3n) is 1.76. The van der Waals surface area contributed by atoms with E-state index in [2.05, 4.69) is 19.5 Å². The number of hydrogen-bond donors (Lipinski definition) is 1. The van der Waals surface area contributed by atoms with Crippen molar-refractivity contribution < 1.29 is 33.4 Å². The van der Waals surface area contributed by atoms with E-state index in [0.717, 1.165) is 20.1 Å². The Hall–Kier alpha value is -1.70. The molecule has 0 aliphatic heterocycles. The monoisotopic (exact) mass is 265 g/mol. The lowest BCUT2D eigenvalue weighted by molar-refractivity contribution is -0.161. The summed E-state index contributed by atoms with van der Waals surface area (Å²) in [6, 6.07) is 0. The number of oxime groups is 1. The third kappa shape index (κ3) is 6.79. The maximum atomic E-state index is 13.6. The van der Waals surface area contributed by atoms with Crippen molar-refractivity contribution in [3.63, 3.8) is 0 Å². The number of halogens is 1. The molecule has 0 saturated heterocycles. The molecule has 0 aliphatic rings. The quantitative estimate of drug-likeness (QED) is 0.389.